The van der Waals surface area contributed by atoms with Crippen LogP contribution in [-0.2, 0) is 6.42 Å². The number of phenols is 1. The highest BCUT2D eigenvalue weighted by Crippen LogP contribution is 2.33. The Morgan fingerprint density at radius 3 is 3.06 bits per heavy atom. The minimum absolute atomic E-state index is 0.338. The maximum Gasteiger partial charge on any atom is 0.123 e. The standard InChI is InChI=1S/C14H19NO2/c16-12-4-6-13-10(8-12)3-5-14(17-13)11-2-1-7-15-9-11/h4,6,8,11,14-16H,1-3,5,7,9H2. The van der Waals surface area contributed by atoms with Crippen molar-refractivity contribution in [3.8, 4) is 11.5 Å². The molecule has 1 fully saturated rings. The summed E-state index contributed by atoms with van der Waals surface area (Å²) in [4.78, 5) is 0. The Bertz CT molecular complexity index is 399. The lowest BCUT2D eigenvalue weighted by Crippen LogP contribution is -2.40. The van der Waals surface area contributed by atoms with E-state index < -0.39 is 0 Å². The fourth-order valence-electron chi connectivity index (χ4n) is 2.92. The topological polar surface area (TPSA) is 41.5 Å². The molecule has 92 valence electrons. The summed E-state index contributed by atoms with van der Waals surface area (Å²) in [7, 11) is 0. The largest absolute Gasteiger partial charge is 0.508 e. The molecule has 2 unspecified atom stereocenters. The third kappa shape index (κ3) is 2.25. The first-order valence-electron chi connectivity index (χ1n) is 6.52. The first-order chi connectivity index (χ1) is 8.33. The van der Waals surface area contributed by atoms with Gasteiger partial charge in [-0.2, -0.15) is 0 Å². The second kappa shape index (κ2) is 4.57. The lowest BCUT2D eigenvalue weighted by molar-refractivity contribution is 0.0947. The van der Waals surface area contributed by atoms with Crippen LogP contribution in [0.5, 0.6) is 11.5 Å². The number of rotatable bonds is 1. The van der Waals surface area contributed by atoms with Gasteiger partial charge in [-0.05, 0) is 56.0 Å². The van der Waals surface area contributed by atoms with Gasteiger partial charge in [-0.15, -0.1) is 0 Å². The third-order valence-electron chi connectivity index (χ3n) is 3.88. The van der Waals surface area contributed by atoms with Crippen molar-refractivity contribution in [1.82, 2.24) is 5.32 Å². The molecule has 0 aliphatic carbocycles. The van der Waals surface area contributed by atoms with Crippen LogP contribution >= 0.6 is 0 Å². The highest BCUT2D eigenvalue weighted by atomic mass is 16.5. The van der Waals surface area contributed by atoms with Gasteiger partial charge in [0.1, 0.15) is 17.6 Å². The van der Waals surface area contributed by atoms with Gasteiger partial charge in [-0.3, -0.25) is 0 Å². The summed E-state index contributed by atoms with van der Waals surface area (Å²) in [6, 6.07) is 5.43. The zero-order valence-electron chi connectivity index (χ0n) is 9.98. The summed E-state index contributed by atoms with van der Waals surface area (Å²) < 4.78 is 6.08. The molecule has 3 heteroatoms. The molecule has 0 aromatic heterocycles. The van der Waals surface area contributed by atoms with Gasteiger partial charge in [0.25, 0.3) is 0 Å². The number of hydrogen-bond acceptors (Lipinski definition) is 3. The van der Waals surface area contributed by atoms with Crippen molar-refractivity contribution in [2.75, 3.05) is 13.1 Å². The van der Waals surface area contributed by atoms with Crippen LogP contribution in [0.25, 0.3) is 0 Å². The van der Waals surface area contributed by atoms with Crippen LogP contribution in [0.15, 0.2) is 18.2 Å². The minimum atomic E-state index is 0.338. The number of fused-ring (bicyclic) bond motifs is 1. The molecule has 2 aliphatic rings. The van der Waals surface area contributed by atoms with Crippen molar-refractivity contribution < 1.29 is 9.84 Å². The molecule has 0 radical (unpaired) electrons. The molecule has 3 nitrogen and oxygen atoms in total. The van der Waals surface area contributed by atoms with Crippen molar-refractivity contribution in [3.05, 3.63) is 23.8 Å². The smallest absolute Gasteiger partial charge is 0.123 e. The molecule has 17 heavy (non-hydrogen) atoms. The molecule has 1 aromatic rings. The Balaban J connectivity index is 1.73. The first-order valence-corrected chi connectivity index (χ1v) is 6.52. The summed E-state index contributed by atoms with van der Waals surface area (Å²) in [6.07, 6.45) is 4.96. The number of aromatic hydroxyl groups is 1. The molecule has 2 heterocycles. The number of aryl methyl sites for hydroxylation is 1. The summed E-state index contributed by atoms with van der Waals surface area (Å²) in [6.45, 7) is 2.23. The molecule has 2 aliphatic heterocycles. The Kier molecular flexibility index (Phi) is 2.93. The van der Waals surface area contributed by atoms with Gasteiger partial charge >= 0.3 is 0 Å². The number of hydrogen-bond donors (Lipinski definition) is 2. The maximum atomic E-state index is 9.44. The van der Waals surface area contributed by atoms with Gasteiger partial charge in [0.15, 0.2) is 0 Å². The lowest BCUT2D eigenvalue weighted by Gasteiger charge is -2.34. The van der Waals surface area contributed by atoms with Crippen molar-refractivity contribution in [1.29, 1.82) is 0 Å². The second-order valence-corrected chi connectivity index (χ2v) is 5.09. The number of nitrogens with one attached hydrogen (secondary N) is 1. The Labute approximate surface area is 102 Å². The van der Waals surface area contributed by atoms with Crippen LogP contribution in [0, 0.1) is 5.92 Å². The summed E-state index contributed by atoms with van der Waals surface area (Å²) in [5.41, 5.74) is 1.14. The molecule has 3 rings (SSSR count). The van der Waals surface area contributed by atoms with Gasteiger partial charge in [0.05, 0.1) is 0 Å². The Morgan fingerprint density at radius 1 is 1.29 bits per heavy atom. The normalized spacial score (nSPS) is 28.2. The van der Waals surface area contributed by atoms with Crippen LogP contribution in [0.4, 0.5) is 0 Å². The summed E-state index contributed by atoms with van der Waals surface area (Å²) >= 11 is 0. The van der Waals surface area contributed by atoms with Crippen molar-refractivity contribution in [2.24, 2.45) is 5.92 Å². The first kappa shape index (κ1) is 10.9. The number of benzene rings is 1. The molecule has 0 amide bonds. The summed E-state index contributed by atoms with van der Waals surface area (Å²) in [5.74, 6) is 1.94. The van der Waals surface area contributed by atoms with E-state index in [1.807, 2.05) is 12.1 Å². The van der Waals surface area contributed by atoms with E-state index in [9.17, 15) is 5.11 Å². The average Bonchev–Trinajstić information content (AvgIpc) is 2.39. The van der Waals surface area contributed by atoms with E-state index in [1.54, 1.807) is 6.07 Å². The van der Waals surface area contributed by atoms with E-state index in [2.05, 4.69) is 5.32 Å². The van der Waals surface area contributed by atoms with Crippen LogP contribution in [0.3, 0.4) is 0 Å². The quantitative estimate of drug-likeness (QED) is 0.780. The number of ether oxygens (including phenoxy) is 1. The van der Waals surface area contributed by atoms with Gasteiger partial charge in [-0.1, -0.05) is 0 Å². The average molecular weight is 233 g/mol. The molecule has 1 aromatic carbocycles. The van der Waals surface area contributed by atoms with Gasteiger partial charge in [0, 0.05) is 12.5 Å². The highest BCUT2D eigenvalue weighted by Gasteiger charge is 2.28. The molecular formula is C14H19NO2. The molecule has 0 bridgehead atoms. The Hall–Kier alpha value is -1.22. The number of piperidine rings is 1. The predicted molar refractivity (Wildman–Crippen MR) is 66.4 cm³/mol. The van der Waals surface area contributed by atoms with Gasteiger partial charge in [0.2, 0.25) is 0 Å². The van der Waals surface area contributed by atoms with E-state index in [-0.39, 0.29) is 0 Å². The Morgan fingerprint density at radius 2 is 2.24 bits per heavy atom. The van der Waals surface area contributed by atoms with Crippen LogP contribution in [-0.4, -0.2) is 24.3 Å². The van der Waals surface area contributed by atoms with Gasteiger partial charge in [-0.25, -0.2) is 0 Å². The zero-order valence-corrected chi connectivity index (χ0v) is 9.98. The molecule has 2 N–H and O–H groups in total. The monoisotopic (exact) mass is 233 g/mol. The fraction of sp³-hybridized carbons (Fsp3) is 0.571. The van der Waals surface area contributed by atoms with Gasteiger partial charge < -0.3 is 15.2 Å². The van der Waals surface area contributed by atoms with Crippen LogP contribution in [0.2, 0.25) is 0 Å². The molecule has 0 saturated carbocycles. The van der Waals surface area contributed by atoms with E-state index in [0.29, 0.717) is 17.8 Å². The minimum Gasteiger partial charge on any atom is -0.508 e. The maximum absolute atomic E-state index is 9.44. The SMILES string of the molecule is Oc1ccc2c(c1)CCC(C1CCCNC1)O2. The highest BCUT2D eigenvalue weighted by molar-refractivity contribution is 5.41. The third-order valence-corrected chi connectivity index (χ3v) is 3.88. The summed E-state index contributed by atoms with van der Waals surface area (Å²) in [5, 5.41) is 12.9. The van der Waals surface area contributed by atoms with E-state index >= 15 is 0 Å². The number of phenolic OH excluding ortho intramolecular Hbond substituents is 1. The second-order valence-electron chi connectivity index (χ2n) is 5.09. The van der Waals surface area contributed by atoms with Crippen molar-refractivity contribution >= 4 is 0 Å². The van der Waals surface area contributed by atoms with Crippen molar-refractivity contribution in [3.63, 3.8) is 0 Å². The predicted octanol–water partition coefficient (Wildman–Crippen LogP) is 2.09. The fourth-order valence-corrected chi connectivity index (χ4v) is 2.92. The van der Waals surface area contributed by atoms with E-state index in [4.69, 9.17) is 4.74 Å². The molecular weight excluding hydrogens is 214 g/mol. The van der Waals surface area contributed by atoms with Crippen molar-refractivity contribution in [2.45, 2.75) is 31.8 Å². The molecule has 0 spiro atoms. The molecule has 2 atom stereocenters. The van der Waals surface area contributed by atoms with E-state index in [0.717, 1.165) is 37.2 Å². The molecule has 1 saturated heterocycles. The zero-order chi connectivity index (χ0) is 11.7. The van der Waals surface area contributed by atoms with E-state index in [1.165, 1.54) is 12.8 Å². The van der Waals surface area contributed by atoms with Crippen LogP contribution in [0.1, 0.15) is 24.8 Å². The lowest BCUT2D eigenvalue weighted by atomic mass is 9.88. The van der Waals surface area contributed by atoms with Crippen LogP contribution < -0.4 is 10.1 Å².